The van der Waals surface area contributed by atoms with E-state index in [4.69, 9.17) is 21.1 Å². The van der Waals surface area contributed by atoms with Crippen LogP contribution in [0.2, 0.25) is 0 Å². The first-order valence-electron chi connectivity index (χ1n) is 5.51. The van der Waals surface area contributed by atoms with E-state index in [0.29, 0.717) is 16.5 Å². The molecule has 3 nitrogen and oxygen atoms in total. The lowest BCUT2D eigenvalue weighted by molar-refractivity contribution is 0.323. The Kier molecular flexibility index (Phi) is 5.87. The SMILES string of the molecule is C=C(Cl)COc1cc(CNCC)ccc1OC. The second-order valence-corrected chi connectivity index (χ2v) is 4.11. The van der Waals surface area contributed by atoms with Crippen LogP contribution in [-0.4, -0.2) is 20.3 Å². The summed E-state index contributed by atoms with van der Waals surface area (Å²) in [6.45, 7) is 7.67. The van der Waals surface area contributed by atoms with Gasteiger partial charge in [-0.05, 0) is 24.2 Å². The summed E-state index contributed by atoms with van der Waals surface area (Å²) in [6, 6.07) is 5.84. The summed E-state index contributed by atoms with van der Waals surface area (Å²) < 4.78 is 10.7. The van der Waals surface area contributed by atoms with Gasteiger partial charge in [0.1, 0.15) is 6.61 Å². The molecule has 0 heterocycles. The van der Waals surface area contributed by atoms with E-state index >= 15 is 0 Å². The first-order chi connectivity index (χ1) is 8.17. The number of hydrogen-bond acceptors (Lipinski definition) is 3. The lowest BCUT2D eigenvalue weighted by atomic mass is 10.2. The van der Waals surface area contributed by atoms with Gasteiger partial charge in [-0.1, -0.05) is 31.2 Å². The highest BCUT2D eigenvalue weighted by Crippen LogP contribution is 2.28. The molecule has 0 amide bonds. The molecule has 0 aliphatic rings. The molecule has 4 heteroatoms. The predicted molar refractivity (Wildman–Crippen MR) is 70.9 cm³/mol. The fraction of sp³-hybridized carbons (Fsp3) is 0.385. The van der Waals surface area contributed by atoms with Gasteiger partial charge in [0, 0.05) is 11.6 Å². The van der Waals surface area contributed by atoms with Crippen molar-refractivity contribution in [2.45, 2.75) is 13.5 Å². The quantitative estimate of drug-likeness (QED) is 0.813. The summed E-state index contributed by atoms with van der Waals surface area (Å²) in [6.07, 6.45) is 0. The first kappa shape index (κ1) is 13.9. The topological polar surface area (TPSA) is 30.5 Å². The van der Waals surface area contributed by atoms with Crippen molar-refractivity contribution in [2.75, 3.05) is 20.3 Å². The van der Waals surface area contributed by atoms with E-state index in [-0.39, 0.29) is 6.61 Å². The van der Waals surface area contributed by atoms with Gasteiger partial charge in [-0.3, -0.25) is 0 Å². The van der Waals surface area contributed by atoms with Gasteiger partial charge in [-0.2, -0.15) is 0 Å². The molecule has 0 unspecified atom stereocenters. The van der Waals surface area contributed by atoms with E-state index < -0.39 is 0 Å². The van der Waals surface area contributed by atoms with Crippen LogP contribution in [0.3, 0.4) is 0 Å². The molecule has 0 saturated heterocycles. The molecule has 0 radical (unpaired) electrons. The van der Waals surface area contributed by atoms with Crippen molar-refractivity contribution < 1.29 is 9.47 Å². The van der Waals surface area contributed by atoms with E-state index in [2.05, 4.69) is 18.8 Å². The van der Waals surface area contributed by atoms with Crippen molar-refractivity contribution in [3.63, 3.8) is 0 Å². The van der Waals surface area contributed by atoms with E-state index in [0.717, 1.165) is 18.7 Å². The van der Waals surface area contributed by atoms with Crippen LogP contribution < -0.4 is 14.8 Å². The Balaban J connectivity index is 2.78. The Morgan fingerprint density at radius 3 is 2.76 bits per heavy atom. The predicted octanol–water partition coefficient (Wildman–Crippen LogP) is 2.94. The molecule has 0 aromatic heterocycles. The molecule has 0 spiro atoms. The summed E-state index contributed by atoms with van der Waals surface area (Å²) in [7, 11) is 1.61. The van der Waals surface area contributed by atoms with Crippen LogP contribution in [0.15, 0.2) is 29.8 Å². The highest BCUT2D eigenvalue weighted by Gasteiger charge is 2.06. The summed E-state index contributed by atoms with van der Waals surface area (Å²) in [5.41, 5.74) is 1.14. The lowest BCUT2D eigenvalue weighted by Crippen LogP contribution is -2.11. The molecule has 1 N–H and O–H groups in total. The van der Waals surface area contributed by atoms with E-state index in [1.807, 2.05) is 18.2 Å². The Morgan fingerprint density at radius 1 is 1.41 bits per heavy atom. The fourth-order valence-electron chi connectivity index (χ4n) is 1.37. The molecule has 1 rings (SSSR count). The largest absolute Gasteiger partial charge is 0.493 e. The zero-order valence-electron chi connectivity index (χ0n) is 10.3. The zero-order chi connectivity index (χ0) is 12.7. The maximum absolute atomic E-state index is 5.67. The van der Waals surface area contributed by atoms with Gasteiger partial charge in [0.05, 0.1) is 7.11 Å². The molecule has 17 heavy (non-hydrogen) atoms. The van der Waals surface area contributed by atoms with Gasteiger partial charge in [-0.15, -0.1) is 0 Å². The van der Waals surface area contributed by atoms with Crippen molar-refractivity contribution in [3.8, 4) is 11.5 Å². The van der Waals surface area contributed by atoms with Crippen molar-refractivity contribution in [1.29, 1.82) is 0 Å². The number of hydrogen-bond donors (Lipinski definition) is 1. The number of rotatable bonds is 7. The smallest absolute Gasteiger partial charge is 0.162 e. The fourth-order valence-corrected chi connectivity index (χ4v) is 1.42. The average molecular weight is 256 g/mol. The van der Waals surface area contributed by atoms with E-state index in [1.54, 1.807) is 7.11 Å². The van der Waals surface area contributed by atoms with Crippen LogP contribution in [0.1, 0.15) is 12.5 Å². The van der Waals surface area contributed by atoms with Crippen molar-refractivity contribution in [2.24, 2.45) is 0 Å². The van der Waals surface area contributed by atoms with E-state index in [1.165, 1.54) is 0 Å². The molecule has 0 saturated carbocycles. The van der Waals surface area contributed by atoms with Gasteiger partial charge >= 0.3 is 0 Å². The molecule has 94 valence electrons. The zero-order valence-corrected chi connectivity index (χ0v) is 11.0. The van der Waals surface area contributed by atoms with Crippen LogP contribution in [0.4, 0.5) is 0 Å². The molecule has 1 aromatic rings. The average Bonchev–Trinajstić information content (AvgIpc) is 2.33. The number of benzene rings is 1. The molecule has 0 aliphatic carbocycles. The minimum absolute atomic E-state index is 0.280. The van der Waals surface area contributed by atoms with Crippen LogP contribution in [0.25, 0.3) is 0 Å². The van der Waals surface area contributed by atoms with Crippen molar-refractivity contribution in [3.05, 3.63) is 35.4 Å². The van der Waals surface area contributed by atoms with Crippen molar-refractivity contribution in [1.82, 2.24) is 5.32 Å². The second kappa shape index (κ2) is 7.20. The highest BCUT2D eigenvalue weighted by molar-refractivity contribution is 6.29. The number of ether oxygens (including phenoxy) is 2. The highest BCUT2D eigenvalue weighted by atomic mass is 35.5. The van der Waals surface area contributed by atoms with Gasteiger partial charge in [-0.25, -0.2) is 0 Å². The molecular weight excluding hydrogens is 238 g/mol. The summed E-state index contributed by atoms with van der Waals surface area (Å²) in [5.74, 6) is 1.38. The Hall–Kier alpha value is -1.19. The van der Waals surface area contributed by atoms with E-state index in [9.17, 15) is 0 Å². The number of methoxy groups -OCH3 is 1. The number of nitrogens with one attached hydrogen (secondary N) is 1. The third kappa shape index (κ3) is 4.67. The van der Waals surface area contributed by atoms with Gasteiger partial charge in [0.2, 0.25) is 0 Å². The minimum atomic E-state index is 0.280. The molecule has 0 aliphatic heterocycles. The molecule has 0 atom stereocenters. The Morgan fingerprint density at radius 2 is 2.18 bits per heavy atom. The summed E-state index contributed by atoms with van der Waals surface area (Å²) in [4.78, 5) is 0. The van der Waals surface area contributed by atoms with Crippen LogP contribution >= 0.6 is 11.6 Å². The molecular formula is C13H18ClNO2. The maximum atomic E-state index is 5.67. The Labute approximate surface area is 107 Å². The van der Waals surface area contributed by atoms with Crippen LogP contribution in [0.5, 0.6) is 11.5 Å². The molecule has 0 bridgehead atoms. The maximum Gasteiger partial charge on any atom is 0.162 e. The lowest BCUT2D eigenvalue weighted by Gasteiger charge is -2.12. The standard InChI is InChI=1S/C13H18ClNO2/c1-4-15-8-11-5-6-12(16-3)13(7-11)17-9-10(2)14/h5-7,15H,2,4,8-9H2,1,3H3. The molecule has 1 aromatic carbocycles. The first-order valence-corrected chi connectivity index (χ1v) is 5.89. The molecule has 0 fully saturated rings. The third-order valence-electron chi connectivity index (χ3n) is 2.19. The normalized spacial score (nSPS) is 10.1. The van der Waals surface area contributed by atoms with Gasteiger partial charge in [0.15, 0.2) is 11.5 Å². The monoisotopic (exact) mass is 255 g/mol. The van der Waals surface area contributed by atoms with Gasteiger partial charge in [0.25, 0.3) is 0 Å². The Bertz CT molecular complexity index is 380. The van der Waals surface area contributed by atoms with Crippen LogP contribution in [0, 0.1) is 0 Å². The van der Waals surface area contributed by atoms with Gasteiger partial charge < -0.3 is 14.8 Å². The number of halogens is 1. The van der Waals surface area contributed by atoms with Crippen molar-refractivity contribution >= 4 is 11.6 Å². The second-order valence-electron chi connectivity index (χ2n) is 3.57. The third-order valence-corrected chi connectivity index (χ3v) is 2.30. The minimum Gasteiger partial charge on any atom is -0.493 e. The summed E-state index contributed by atoms with van der Waals surface area (Å²) in [5, 5.41) is 3.72. The summed E-state index contributed by atoms with van der Waals surface area (Å²) >= 11 is 5.67. The van der Waals surface area contributed by atoms with Crippen LogP contribution in [-0.2, 0) is 6.54 Å².